The van der Waals surface area contributed by atoms with Gasteiger partial charge in [-0.15, -0.1) is 5.73 Å². The van der Waals surface area contributed by atoms with Gasteiger partial charge in [0.1, 0.15) is 0 Å². The first kappa shape index (κ1) is 6.79. The highest BCUT2D eigenvalue weighted by atomic mass is 14.6. The molecule has 0 fully saturated rings. The van der Waals surface area contributed by atoms with Crippen LogP contribution in [0.5, 0.6) is 0 Å². The lowest BCUT2D eigenvalue weighted by atomic mass is 10.2. The largest absolute Gasteiger partial charge is 0.261 e. The van der Waals surface area contributed by atoms with Crippen LogP contribution in [0.3, 0.4) is 0 Å². The van der Waals surface area contributed by atoms with Crippen LogP contribution in [0, 0.1) is 6.92 Å². The van der Waals surface area contributed by atoms with Crippen LogP contribution in [0.25, 0.3) is 6.08 Å². The van der Waals surface area contributed by atoms with Gasteiger partial charge < -0.3 is 0 Å². The van der Waals surface area contributed by atoms with E-state index in [1.54, 1.807) is 12.3 Å². The normalized spacial score (nSPS) is 8.50. The molecule has 0 saturated carbocycles. The lowest BCUT2D eigenvalue weighted by Gasteiger charge is -1.90. The van der Waals surface area contributed by atoms with E-state index in [9.17, 15) is 0 Å². The molecular weight excluding hydrogens is 122 g/mol. The molecule has 1 aromatic heterocycles. The molecule has 0 bridgehead atoms. The van der Waals surface area contributed by atoms with Crippen molar-refractivity contribution in [3.63, 3.8) is 0 Å². The van der Waals surface area contributed by atoms with Gasteiger partial charge in [-0.1, -0.05) is 12.6 Å². The van der Waals surface area contributed by atoms with E-state index in [-0.39, 0.29) is 0 Å². The summed E-state index contributed by atoms with van der Waals surface area (Å²) in [6, 6.07) is 3.95. The van der Waals surface area contributed by atoms with E-state index in [0.717, 1.165) is 11.3 Å². The number of aromatic nitrogens is 1. The third-order valence-electron chi connectivity index (χ3n) is 1.20. The van der Waals surface area contributed by atoms with E-state index < -0.39 is 0 Å². The third kappa shape index (κ3) is 1.57. The first-order valence-corrected chi connectivity index (χ1v) is 3.11. The second-order valence-electron chi connectivity index (χ2n) is 2.08. The summed E-state index contributed by atoms with van der Waals surface area (Å²) in [4.78, 5) is 4.10. The molecule has 0 aliphatic heterocycles. The van der Waals surface area contributed by atoms with Crippen LogP contribution < -0.4 is 0 Å². The Hall–Kier alpha value is -1.33. The fourth-order valence-electron chi connectivity index (χ4n) is 0.682. The predicted octanol–water partition coefficient (Wildman–Crippen LogP) is 2.19. The highest BCUT2D eigenvalue weighted by molar-refractivity contribution is 5.46. The fraction of sp³-hybridized carbons (Fsp3) is 0.111. The summed E-state index contributed by atoms with van der Waals surface area (Å²) >= 11 is 0. The van der Waals surface area contributed by atoms with E-state index in [1.807, 2.05) is 19.1 Å². The standard InChI is InChI=1S/C9H9N/c1-3-4-9-6-5-8(2)10-7-9/h4-7H,1H2,2H3. The van der Waals surface area contributed by atoms with Gasteiger partial charge in [0.15, 0.2) is 0 Å². The highest BCUT2D eigenvalue weighted by Gasteiger charge is 1.84. The maximum absolute atomic E-state index is 4.10. The Kier molecular flexibility index (Phi) is 2.03. The number of rotatable bonds is 1. The second-order valence-corrected chi connectivity index (χ2v) is 2.08. The summed E-state index contributed by atoms with van der Waals surface area (Å²) in [6.45, 7) is 5.43. The molecule has 0 N–H and O–H groups in total. The molecule has 0 spiro atoms. The first-order chi connectivity index (χ1) is 4.83. The Balaban J connectivity index is 3.00. The SMILES string of the molecule is C=C=Cc1ccc(C)nc1. The van der Waals surface area contributed by atoms with Gasteiger partial charge in [-0.3, -0.25) is 4.98 Å². The van der Waals surface area contributed by atoms with Crippen LogP contribution in [0.4, 0.5) is 0 Å². The highest BCUT2D eigenvalue weighted by Crippen LogP contribution is 1.99. The summed E-state index contributed by atoms with van der Waals surface area (Å²) < 4.78 is 0. The van der Waals surface area contributed by atoms with E-state index in [4.69, 9.17) is 0 Å². The van der Waals surface area contributed by atoms with Crippen molar-refractivity contribution in [3.8, 4) is 0 Å². The minimum Gasteiger partial charge on any atom is -0.261 e. The molecule has 0 atom stereocenters. The van der Waals surface area contributed by atoms with Gasteiger partial charge in [-0.2, -0.15) is 0 Å². The summed E-state index contributed by atoms with van der Waals surface area (Å²) in [5.74, 6) is 0. The van der Waals surface area contributed by atoms with Crippen molar-refractivity contribution in [2.24, 2.45) is 0 Å². The number of hydrogen-bond acceptors (Lipinski definition) is 1. The van der Waals surface area contributed by atoms with Crippen LogP contribution in [0.2, 0.25) is 0 Å². The van der Waals surface area contributed by atoms with Crippen molar-refractivity contribution < 1.29 is 0 Å². The Morgan fingerprint density at radius 1 is 1.60 bits per heavy atom. The lowest BCUT2D eigenvalue weighted by Crippen LogP contribution is -1.78. The van der Waals surface area contributed by atoms with Crippen LogP contribution in [0.15, 0.2) is 30.6 Å². The zero-order valence-electron chi connectivity index (χ0n) is 5.96. The predicted molar refractivity (Wildman–Crippen MR) is 42.6 cm³/mol. The van der Waals surface area contributed by atoms with Gasteiger partial charge in [0.25, 0.3) is 0 Å². The van der Waals surface area contributed by atoms with Crippen molar-refractivity contribution in [2.45, 2.75) is 6.92 Å². The monoisotopic (exact) mass is 131 g/mol. The van der Waals surface area contributed by atoms with Gasteiger partial charge in [-0.25, -0.2) is 0 Å². The van der Waals surface area contributed by atoms with Crippen molar-refractivity contribution in [2.75, 3.05) is 0 Å². The summed E-state index contributed by atoms with van der Waals surface area (Å²) in [5, 5.41) is 0. The molecule has 0 amide bonds. The molecule has 0 radical (unpaired) electrons. The maximum Gasteiger partial charge on any atom is 0.0373 e. The molecule has 50 valence electrons. The summed E-state index contributed by atoms with van der Waals surface area (Å²) in [6.07, 6.45) is 3.60. The summed E-state index contributed by atoms with van der Waals surface area (Å²) in [5.41, 5.74) is 4.76. The molecule has 10 heavy (non-hydrogen) atoms. The minimum absolute atomic E-state index is 1.03. The van der Waals surface area contributed by atoms with E-state index in [1.165, 1.54) is 0 Å². The van der Waals surface area contributed by atoms with Gasteiger partial charge in [0.2, 0.25) is 0 Å². The zero-order valence-corrected chi connectivity index (χ0v) is 5.96. The molecule has 0 aliphatic rings. The fourth-order valence-corrected chi connectivity index (χ4v) is 0.682. The Bertz CT molecular complexity index is 253. The van der Waals surface area contributed by atoms with E-state index >= 15 is 0 Å². The van der Waals surface area contributed by atoms with Crippen molar-refractivity contribution in [1.82, 2.24) is 4.98 Å². The average Bonchev–Trinajstić information content (AvgIpc) is 1.95. The molecule has 1 aromatic rings. The Morgan fingerprint density at radius 3 is 2.90 bits per heavy atom. The molecule has 1 heterocycles. The number of pyridine rings is 1. The van der Waals surface area contributed by atoms with E-state index in [0.29, 0.717) is 0 Å². The van der Waals surface area contributed by atoms with Gasteiger partial charge in [0, 0.05) is 17.5 Å². The summed E-state index contributed by atoms with van der Waals surface area (Å²) in [7, 11) is 0. The number of hydrogen-bond donors (Lipinski definition) is 0. The molecule has 0 saturated heterocycles. The van der Waals surface area contributed by atoms with Gasteiger partial charge in [-0.05, 0) is 19.1 Å². The molecule has 1 rings (SSSR count). The zero-order chi connectivity index (χ0) is 7.40. The van der Waals surface area contributed by atoms with Gasteiger partial charge >= 0.3 is 0 Å². The van der Waals surface area contributed by atoms with Crippen LogP contribution in [0.1, 0.15) is 11.3 Å². The molecule has 0 aromatic carbocycles. The number of aryl methyl sites for hydroxylation is 1. The van der Waals surface area contributed by atoms with Crippen molar-refractivity contribution in [3.05, 3.63) is 41.9 Å². The third-order valence-corrected chi connectivity index (χ3v) is 1.20. The Morgan fingerprint density at radius 2 is 2.40 bits per heavy atom. The van der Waals surface area contributed by atoms with Crippen LogP contribution >= 0.6 is 0 Å². The van der Waals surface area contributed by atoms with Crippen LogP contribution in [-0.4, -0.2) is 4.98 Å². The lowest BCUT2D eigenvalue weighted by molar-refractivity contribution is 1.19. The first-order valence-electron chi connectivity index (χ1n) is 3.11. The second kappa shape index (κ2) is 3.00. The van der Waals surface area contributed by atoms with Crippen LogP contribution in [-0.2, 0) is 0 Å². The maximum atomic E-state index is 4.10. The van der Waals surface area contributed by atoms with Crippen molar-refractivity contribution in [1.29, 1.82) is 0 Å². The molecular formula is C9H9N. The number of nitrogens with zero attached hydrogens (tertiary/aromatic N) is 1. The Labute approximate surface area is 60.7 Å². The molecule has 0 unspecified atom stereocenters. The van der Waals surface area contributed by atoms with Gasteiger partial charge in [0.05, 0.1) is 0 Å². The van der Waals surface area contributed by atoms with Crippen molar-refractivity contribution >= 4 is 6.08 Å². The minimum atomic E-state index is 1.03. The quantitative estimate of drug-likeness (QED) is 0.532. The smallest absolute Gasteiger partial charge is 0.0373 e. The molecule has 1 heteroatoms. The average molecular weight is 131 g/mol. The van der Waals surface area contributed by atoms with E-state index in [2.05, 4.69) is 17.3 Å². The molecule has 1 nitrogen and oxygen atoms in total. The topological polar surface area (TPSA) is 12.9 Å². The molecule has 0 aliphatic carbocycles.